The molecule has 1 spiro atoms. The molecule has 1 aliphatic carbocycles. The molecule has 1 amide bonds. The highest BCUT2D eigenvalue weighted by Crippen LogP contribution is 2.47. The smallest absolute Gasteiger partial charge is 0.389 e. The molecule has 34 heavy (non-hydrogen) atoms. The van der Waals surface area contributed by atoms with Crippen molar-refractivity contribution in [1.29, 1.82) is 5.26 Å². The van der Waals surface area contributed by atoms with Crippen LogP contribution in [0, 0.1) is 11.3 Å². The predicted molar refractivity (Wildman–Crippen MR) is 118 cm³/mol. The summed E-state index contributed by atoms with van der Waals surface area (Å²) < 4.78 is 48.2. The van der Waals surface area contributed by atoms with Gasteiger partial charge in [0.15, 0.2) is 0 Å². The Morgan fingerprint density at radius 3 is 2.79 bits per heavy atom. The zero-order valence-corrected chi connectivity index (χ0v) is 18.4. The molecule has 0 fully saturated rings. The zero-order valence-electron chi connectivity index (χ0n) is 18.4. The van der Waals surface area contributed by atoms with Gasteiger partial charge in [0.1, 0.15) is 23.1 Å². The van der Waals surface area contributed by atoms with Gasteiger partial charge in [0.2, 0.25) is 0 Å². The van der Waals surface area contributed by atoms with Crippen LogP contribution in [0.2, 0.25) is 0 Å². The summed E-state index contributed by atoms with van der Waals surface area (Å²) in [6.45, 7) is 0.613. The third-order valence-electron chi connectivity index (χ3n) is 6.80. The average Bonchev–Trinajstić information content (AvgIpc) is 3.40. The summed E-state index contributed by atoms with van der Waals surface area (Å²) in [5, 5.41) is 12.8. The van der Waals surface area contributed by atoms with Crippen molar-refractivity contribution >= 4 is 11.5 Å². The first-order valence-electron chi connectivity index (χ1n) is 11.3. The lowest BCUT2D eigenvalue weighted by Gasteiger charge is -2.37. The van der Waals surface area contributed by atoms with Gasteiger partial charge < -0.3 is 14.8 Å². The van der Waals surface area contributed by atoms with Crippen LogP contribution in [0.15, 0.2) is 42.0 Å². The lowest BCUT2D eigenvalue weighted by atomic mass is 9.78. The number of amides is 1. The van der Waals surface area contributed by atoms with Crippen molar-refractivity contribution in [2.45, 2.75) is 50.2 Å². The van der Waals surface area contributed by atoms with Crippen LogP contribution in [-0.2, 0) is 23.2 Å². The Kier molecular flexibility index (Phi) is 5.51. The third-order valence-corrected chi connectivity index (χ3v) is 6.80. The summed E-state index contributed by atoms with van der Waals surface area (Å²) in [4.78, 5) is 13.0. The number of alkyl halides is 3. The van der Waals surface area contributed by atoms with Crippen molar-refractivity contribution in [2.75, 3.05) is 13.2 Å². The highest BCUT2D eigenvalue weighted by atomic mass is 19.4. The third kappa shape index (κ3) is 4.11. The molecule has 5 rings (SSSR count). The van der Waals surface area contributed by atoms with Crippen molar-refractivity contribution in [3.05, 3.63) is 64.2 Å². The monoisotopic (exact) mass is 468 g/mol. The van der Waals surface area contributed by atoms with E-state index in [9.17, 15) is 23.2 Å². The van der Waals surface area contributed by atoms with E-state index in [1.165, 1.54) is 0 Å². The molecule has 8 heteroatoms. The SMILES string of the molecule is N#CC1=C(c2ccc3c(c2)CCO3)CC2(CCc3cc(OCCCC(F)(F)F)ccc32)NC1=O. The molecule has 0 saturated heterocycles. The Hall–Kier alpha value is -3.47. The number of aryl methyl sites for hydroxylation is 1. The Balaban J connectivity index is 1.40. The minimum Gasteiger partial charge on any atom is -0.494 e. The van der Waals surface area contributed by atoms with Crippen molar-refractivity contribution in [3.8, 4) is 17.6 Å². The number of fused-ring (bicyclic) bond motifs is 3. The van der Waals surface area contributed by atoms with E-state index in [1.54, 1.807) is 6.07 Å². The maximum Gasteiger partial charge on any atom is 0.389 e. The summed E-state index contributed by atoms with van der Waals surface area (Å²) in [6.07, 6.45) is -2.52. The van der Waals surface area contributed by atoms with Gasteiger partial charge in [-0.2, -0.15) is 18.4 Å². The second-order valence-electron chi connectivity index (χ2n) is 8.99. The van der Waals surface area contributed by atoms with Gasteiger partial charge in [0.05, 0.1) is 18.8 Å². The first-order chi connectivity index (χ1) is 16.3. The molecular weight excluding hydrogens is 445 g/mol. The van der Waals surface area contributed by atoms with Gasteiger partial charge in [-0.1, -0.05) is 12.1 Å². The number of nitriles is 1. The average molecular weight is 468 g/mol. The van der Waals surface area contributed by atoms with E-state index >= 15 is 0 Å². The van der Waals surface area contributed by atoms with Crippen LogP contribution >= 0.6 is 0 Å². The fourth-order valence-corrected chi connectivity index (χ4v) is 5.18. The van der Waals surface area contributed by atoms with E-state index in [2.05, 4.69) is 11.4 Å². The number of hydrogen-bond acceptors (Lipinski definition) is 4. The van der Waals surface area contributed by atoms with Crippen LogP contribution in [0.1, 0.15) is 47.9 Å². The van der Waals surface area contributed by atoms with Crippen LogP contribution in [0.5, 0.6) is 11.5 Å². The minimum absolute atomic E-state index is 0.0133. The molecule has 1 atom stereocenters. The molecule has 3 aliphatic rings. The first-order valence-corrected chi connectivity index (χ1v) is 11.3. The molecule has 0 radical (unpaired) electrons. The second kappa shape index (κ2) is 8.39. The molecule has 1 unspecified atom stereocenters. The van der Waals surface area contributed by atoms with Crippen molar-refractivity contribution in [3.63, 3.8) is 0 Å². The molecule has 2 heterocycles. The number of nitrogens with zero attached hydrogens (tertiary/aromatic N) is 1. The van der Waals surface area contributed by atoms with Gasteiger partial charge in [0.25, 0.3) is 5.91 Å². The number of carbonyl (C=O) groups excluding carboxylic acids is 1. The summed E-state index contributed by atoms with van der Waals surface area (Å²) in [5.41, 5.74) is 4.10. The molecule has 2 aromatic carbocycles. The lowest BCUT2D eigenvalue weighted by Crippen LogP contribution is -2.48. The molecule has 2 aromatic rings. The summed E-state index contributed by atoms with van der Waals surface area (Å²) >= 11 is 0. The van der Waals surface area contributed by atoms with Crippen molar-refractivity contribution in [1.82, 2.24) is 5.32 Å². The predicted octanol–water partition coefficient (Wildman–Crippen LogP) is 4.98. The number of carbonyl (C=O) groups is 1. The molecule has 1 N–H and O–H groups in total. The number of benzene rings is 2. The van der Waals surface area contributed by atoms with Gasteiger partial charge in [-0.25, -0.2) is 0 Å². The molecule has 0 saturated carbocycles. The summed E-state index contributed by atoms with van der Waals surface area (Å²) in [7, 11) is 0. The van der Waals surface area contributed by atoms with Gasteiger partial charge in [-0.15, -0.1) is 0 Å². The Bertz CT molecular complexity index is 1230. The number of hydrogen-bond donors (Lipinski definition) is 1. The lowest BCUT2D eigenvalue weighted by molar-refractivity contribution is -0.136. The van der Waals surface area contributed by atoms with E-state index in [-0.39, 0.29) is 24.5 Å². The highest BCUT2D eigenvalue weighted by molar-refractivity contribution is 6.07. The molecular formula is C26H23F3N2O3. The standard InChI is InChI=1S/C26H23F3N2O3/c27-26(28,29)8-1-10-33-19-3-4-22-17(13-19)6-9-25(22)14-20(21(15-30)24(32)31-25)16-2-5-23-18(12-16)7-11-34-23/h2-5,12-13H,1,6-11,14H2,(H,31,32). The zero-order chi connectivity index (χ0) is 23.9. The van der Waals surface area contributed by atoms with Crippen LogP contribution in [0.4, 0.5) is 13.2 Å². The van der Waals surface area contributed by atoms with Crippen LogP contribution in [-0.4, -0.2) is 25.3 Å². The quantitative estimate of drug-likeness (QED) is 0.629. The number of nitrogens with one attached hydrogen (secondary N) is 1. The van der Waals surface area contributed by atoms with E-state index in [0.717, 1.165) is 40.0 Å². The van der Waals surface area contributed by atoms with Gasteiger partial charge >= 0.3 is 6.18 Å². The molecule has 0 bridgehead atoms. The van der Waals surface area contributed by atoms with Crippen molar-refractivity contribution in [2.24, 2.45) is 0 Å². The van der Waals surface area contributed by atoms with Crippen LogP contribution in [0.25, 0.3) is 5.57 Å². The summed E-state index contributed by atoms with van der Waals surface area (Å²) in [5.74, 6) is 0.972. The Labute approximate surface area is 195 Å². The van der Waals surface area contributed by atoms with Crippen LogP contribution in [0.3, 0.4) is 0 Å². The van der Waals surface area contributed by atoms with Crippen LogP contribution < -0.4 is 14.8 Å². The minimum atomic E-state index is -4.19. The van der Waals surface area contributed by atoms with Gasteiger partial charge in [-0.3, -0.25) is 4.79 Å². The Morgan fingerprint density at radius 1 is 1.15 bits per heavy atom. The number of ether oxygens (including phenoxy) is 2. The van der Waals surface area contributed by atoms with E-state index < -0.39 is 18.1 Å². The maximum atomic E-state index is 13.0. The summed E-state index contributed by atoms with van der Waals surface area (Å²) in [6, 6.07) is 13.4. The second-order valence-corrected chi connectivity index (χ2v) is 8.99. The molecule has 176 valence electrons. The highest BCUT2D eigenvalue weighted by Gasteiger charge is 2.45. The van der Waals surface area contributed by atoms with Gasteiger partial charge in [0, 0.05) is 19.3 Å². The normalized spacial score (nSPS) is 21.1. The van der Waals surface area contributed by atoms with E-state index in [0.29, 0.717) is 31.6 Å². The molecule has 2 aliphatic heterocycles. The fraction of sp³-hybridized carbons (Fsp3) is 0.385. The largest absolute Gasteiger partial charge is 0.494 e. The number of halogens is 3. The molecule has 0 aromatic heterocycles. The van der Waals surface area contributed by atoms with Crippen molar-refractivity contribution < 1.29 is 27.4 Å². The Morgan fingerprint density at radius 2 is 2.00 bits per heavy atom. The first kappa shape index (κ1) is 22.3. The fourth-order valence-electron chi connectivity index (χ4n) is 5.18. The number of rotatable bonds is 5. The van der Waals surface area contributed by atoms with E-state index in [4.69, 9.17) is 9.47 Å². The van der Waals surface area contributed by atoms with Gasteiger partial charge in [-0.05, 0) is 71.4 Å². The van der Waals surface area contributed by atoms with E-state index in [1.807, 2.05) is 30.3 Å². The topological polar surface area (TPSA) is 71.3 Å². The molecule has 5 nitrogen and oxygen atoms in total. The maximum absolute atomic E-state index is 13.0.